The van der Waals surface area contributed by atoms with Gasteiger partial charge in [-0.15, -0.1) is 0 Å². The van der Waals surface area contributed by atoms with E-state index >= 15 is 0 Å². The molecule has 0 amide bonds. The van der Waals surface area contributed by atoms with Crippen LogP contribution in [0.15, 0.2) is 27.6 Å². The van der Waals surface area contributed by atoms with Gasteiger partial charge >= 0.3 is 5.63 Å². The SMILES string of the molecule is C[C@@]12CC[C@@H](O)C[C@@H]1CC[C@H]1[C@H]2CC[C@@]2(C)[C@H](c3ccc(=O)oc3)[C@H](O)[C@@H]3O[C@@]132. The molecule has 4 saturated carbocycles. The Hall–Kier alpha value is -1.17. The zero-order valence-corrected chi connectivity index (χ0v) is 17.3. The quantitative estimate of drug-likeness (QED) is 0.707. The normalized spacial score (nSPS) is 55.4. The minimum Gasteiger partial charge on any atom is -0.431 e. The summed E-state index contributed by atoms with van der Waals surface area (Å²) in [4.78, 5) is 11.5. The summed E-state index contributed by atoms with van der Waals surface area (Å²) in [7, 11) is 0. The van der Waals surface area contributed by atoms with Gasteiger partial charge in [0.2, 0.25) is 0 Å². The van der Waals surface area contributed by atoms with Gasteiger partial charge in [0.05, 0.1) is 18.5 Å². The van der Waals surface area contributed by atoms with Gasteiger partial charge in [0.25, 0.3) is 0 Å². The van der Waals surface area contributed by atoms with Gasteiger partial charge in [-0.3, -0.25) is 0 Å². The van der Waals surface area contributed by atoms with Crippen LogP contribution >= 0.6 is 0 Å². The van der Waals surface area contributed by atoms with Crippen molar-refractivity contribution in [3.05, 3.63) is 34.4 Å². The summed E-state index contributed by atoms with van der Waals surface area (Å²) in [5.41, 5.74) is 0.457. The molecular weight excluding hydrogens is 368 g/mol. The Morgan fingerprint density at radius 1 is 1.03 bits per heavy atom. The molecule has 2 N–H and O–H groups in total. The fourth-order valence-electron chi connectivity index (χ4n) is 8.81. The highest BCUT2D eigenvalue weighted by Crippen LogP contribution is 2.77. The molecule has 1 spiro atoms. The highest BCUT2D eigenvalue weighted by molar-refractivity contribution is 5.38. The highest BCUT2D eigenvalue weighted by Gasteiger charge is 2.83. The standard InChI is InChI=1S/C24H32O5/c1-22-9-7-15(25)11-14(22)4-5-17-16(22)8-10-23(2)19(13-3-6-18(26)28-12-13)20(27)21-24(17,23)29-21/h3,6,12,14-17,19-21,25,27H,4-5,7-11H2,1-2H3/t14-,15+,16+,17-,19+,20-,21-,22+,23-,24-/m0/s1. The van der Waals surface area contributed by atoms with E-state index < -0.39 is 6.10 Å². The first-order valence-electron chi connectivity index (χ1n) is 11.4. The highest BCUT2D eigenvalue weighted by atomic mass is 16.6. The largest absolute Gasteiger partial charge is 0.431 e. The zero-order valence-electron chi connectivity index (χ0n) is 17.3. The van der Waals surface area contributed by atoms with E-state index in [1.165, 1.54) is 6.07 Å². The number of fused-ring (bicyclic) bond motifs is 3. The van der Waals surface area contributed by atoms with E-state index in [4.69, 9.17) is 9.15 Å². The van der Waals surface area contributed by atoms with Crippen molar-refractivity contribution >= 4 is 0 Å². The molecule has 6 rings (SSSR count). The Morgan fingerprint density at radius 3 is 2.62 bits per heavy atom. The lowest BCUT2D eigenvalue weighted by Crippen LogP contribution is -2.58. The van der Waals surface area contributed by atoms with Crippen LogP contribution in [0.5, 0.6) is 0 Å². The molecule has 5 aliphatic rings. The molecule has 1 aromatic heterocycles. The van der Waals surface area contributed by atoms with Crippen molar-refractivity contribution in [1.82, 2.24) is 0 Å². The van der Waals surface area contributed by atoms with Crippen LogP contribution in [-0.2, 0) is 4.74 Å². The second-order valence-corrected chi connectivity index (χ2v) is 11.1. The molecule has 4 aliphatic carbocycles. The second kappa shape index (κ2) is 5.74. The summed E-state index contributed by atoms with van der Waals surface area (Å²) < 4.78 is 11.6. The third-order valence-electron chi connectivity index (χ3n) is 10.2. The number of rotatable bonds is 1. The van der Waals surface area contributed by atoms with Crippen molar-refractivity contribution in [2.45, 2.75) is 88.6 Å². The molecule has 2 heterocycles. The molecule has 0 radical (unpaired) electrons. The van der Waals surface area contributed by atoms with Gasteiger partial charge in [-0.1, -0.05) is 13.8 Å². The van der Waals surface area contributed by atoms with E-state index in [2.05, 4.69) is 13.8 Å². The average Bonchev–Trinajstić information content (AvgIpc) is 3.40. The van der Waals surface area contributed by atoms with E-state index in [1.54, 1.807) is 6.26 Å². The predicted molar refractivity (Wildman–Crippen MR) is 106 cm³/mol. The minimum absolute atomic E-state index is 0.0507. The minimum atomic E-state index is -0.551. The second-order valence-electron chi connectivity index (χ2n) is 11.1. The third kappa shape index (κ3) is 2.14. The number of ether oxygens (including phenoxy) is 1. The molecule has 1 saturated heterocycles. The first kappa shape index (κ1) is 18.6. The van der Waals surface area contributed by atoms with Crippen LogP contribution in [0, 0.1) is 28.6 Å². The Labute approximate surface area is 171 Å². The van der Waals surface area contributed by atoms with Crippen LogP contribution in [0.3, 0.4) is 0 Å². The van der Waals surface area contributed by atoms with Gasteiger partial charge in [-0.2, -0.15) is 0 Å². The van der Waals surface area contributed by atoms with E-state index in [1.807, 2.05) is 6.07 Å². The Kier molecular flexibility index (Phi) is 3.68. The van der Waals surface area contributed by atoms with Crippen LogP contribution in [-0.4, -0.2) is 34.1 Å². The topological polar surface area (TPSA) is 83.2 Å². The summed E-state index contributed by atoms with van der Waals surface area (Å²) in [5, 5.41) is 21.5. The maximum Gasteiger partial charge on any atom is 0.335 e. The molecular formula is C24H32O5. The van der Waals surface area contributed by atoms with Crippen molar-refractivity contribution in [3.63, 3.8) is 0 Å². The number of epoxide rings is 1. The lowest BCUT2D eigenvalue weighted by Gasteiger charge is -2.61. The molecule has 1 aliphatic heterocycles. The van der Waals surface area contributed by atoms with E-state index in [0.29, 0.717) is 17.8 Å². The molecule has 0 bridgehead atoms. The Balaban J connectivity index is 1.38. The molecule has 158 valence electrons. The molecule has 0 aromatic carbocycles. The number of hydrogen-bond acceptors (Lipinski definition) is 5. The molecule has 0 unspecified atom stereocenters. The van der Waals surface area contributed by atoms with Gasteiger partial charge in [0.1, 0.15) is 11.7 Å². The van der Waals surface area contributed by atoms with E-state index in [0.717, 1.165) is 50.5 Å². The van der Waals surface area contributed by atoms with Crippen molar-refractivity contribution < 1.29 is 19.4 Å². The summed E-state index contributed by atoms with van der Waals surface area (Å²) >= 11 is 0. The number of aliphatic hydroxyl groups is 2. The van der Waals surface area contributed by atoms with Crippen LogP contribution in [0.2, 0.25) is 0 Å². The van der Waals surface area contributed by atoms with Gasteiger partial charge in [-0.25, -0.2) is 4.79 Å². The van der Waals surface area contributed by atoms with Crippen molar-refractivity contribution in [1.29, 1.82) is 0 Å². The van der Waals surface area contributed by atoms with Gasteiger partial charge in [-0.05, 0) is 79.7 Å². The monoisotopic (exact) mass is 400 g/mol. The van der Waals surface area contributed by atoms with Gasteiger partial charge in [0.15, 0.2) is 0 Å². The fourth-order valence-corrected chi connectivity index (χ4v) is 8.81. The smallest absolute Gasteiger partial charge is 0.335 e. The van der Waals surface area contributed by atoms with E-state index in [-0.39, 0.29) is 40.2 Å². The van der Waals surface area contributed by atoms with Crippen LogP contribution in [0.4, 0.5) is 0 Å². The summed E-state index contributed by atoms with van der Waals surface area (Å²) in [6, 6.07) is 3.30. The summed E-state index contributed by atoms with van der Waals surface area (Å²) in [6.45, 7) is 4.76. The van der Waals surface area contributed by atoms with Crippen LogP contribution in [0.25, 0.3) is 0 Å². The van der Waals surface area contributed by atoms with Crippen molar-refractivity contribution in [3.8, 4) is 0 Å². The molecule has 5 heteroatoms. The third-order valence-corrected chi connectivity index (χ3v) is 10.2. The first-order valence-corrected chi connectivity index (χ1v) is 11.4. The maximum absolute atomic E-state index is 11.5. The summed E-state index contributed by atoms with van der Waals surface area (Å²) in [5.74, 6) is 1.63. The van der Waals surface area contributed by atoms with Crippen molar-refractivity contribution in [2.24, 2.45) is 28.6 Å². The Morgan fingerprint density at radius 2 is 1.86 bits per heavy atom. The van der Waals surface area contributed by atoms with Crippen molar-refractivity contribution in [2.75, 3.05) is 0 Å². The summed E-state index contributed by atoms with van der Waals surface area (Å²) in [6.07, 6.45) is 8.19. The predicted octanol–water partition coefficient (Wildman–Crippen LogP) is 3.23. The van der Waals surface area contributed by atoms with Gasteiger partial charge < -0.3 is 19.4 Å². The fraction of sp³-hybridized carbons (Fsp3) is 0.792. The molecule has 5 nitrogen and oxygen atoms in total. The average molecular weight is 401 g/mol. The first-order chi connectivity index (χ1) is 13.8. The maximum atomic E-state index is 11.5. The number of aliphatic hydroxyl groups excluding tert-OH is 2. The Bertz CT molecular complexity index is 875. The van der Waals surface area contributed by atoms with Gasteiger partial charge in [0, 0.05) is 17.4 Å². The molecule has 5 fully saturated rings. The molecule has 29 heavy (non-hydrogen) atoms. The molecule has 10 atom stereocenters. The lowest BCUT2D eigenvalue weighted by atomic mass is 9.44. The lowest BCUT2D eigenvalue weighted by molar-refractivity contribution is -0.143. The number of hydrogen-bond donors (Lipinski definition) is 2. The zero-order chi connectivity index (χ0) is 20.2. The van der Waals surface area contributed by atoms with Crippen LogP contribution < -0.4 is 5.63 Å². The van der Waals surface area contributed by atoms with Crippen LogP contribution in [0.1, 0.15) is 70.3 Å². The van der Waals surface area contributed by atoms with E-state index in [9.17, 15) is 15.0 Å². The molecule has 1 aromatic rings.